The molecule has 0 radical (unpaired) electrons. The summed E-state index contributed by atoms with van der Waals surface area (Å²) >= 11 is 0. The SMILES string of the molecule is CCN(Cc1cc(O)c2c(c1N(C)C)C[C@H]1C[C@H]3[C@H](N(C)C)C(=O)C(C(N)=O)C(=O)[C@@]3(O)C(=O)C1C2=O)C[C@H]1CCC2CC1C2(C)C. The predicted octanol–water partition coefficient (Wildman–Crippen LogP) is 1.83. The van der Waals surface area contributed by atoms with E-state index in [4.69, 9.17) is 5.73 Å². The zero-order chi connectivity index (χ0) is 34.5. The second-order valence-corrected chi connectivity index (χ2v) is 16.0. The van der Waals surface area contributed by atoms with Crippen molar-refractivity contribution in [3.63, 3.8) is 0 Å². The number of hydrogen-bond donors (Lipinski definition) is 3. The summed E-state index contributed by atoms with van der Waals surface area (Å²) in [6.07, 6.45) is 4.06. The molecule has 1 aromatic carbocycles. The summed E-state index contributed by atoms with van der Waals surface area (Å²) in [4.78, 5) is 73.5. The number of rotatable bonds is 8. The molecule has 4 unspecified atom stereocenters. The van der Waals surface area contributed by atoms with E-state index in [0.29, 0.717) is 29.4 Å². The van der Waals surface area contributed by atoms with Crippen LogP contribution in [0.2, 0.25) is 0 Å². The summed E-state index contributed by atoms with van der Waals surface area (Å²) in [7, 11) is 6.97. The standard InChI is InChI=1S/C36H50N4O7/c1-8-40(15-17-9-10-20-14-22(17)35(20,2)3)16-19-13-24(41)26-21(28(19)38(4)5)11-18-12-23-29(39(6)7)31(43)27(34(37)46)33(45)36(23,47)32(44)25(18)30(26)42/h13,17-18,20,22-23,25,27,29,41,47H,8-12,14-16H2,1-7H3,(H2,37,46)/t17-,18+,20?,22?,23+,25?,27?,29+,36+/m1/s1. The number of aliphatic hydroxyl groups is 1. The van der Waals surface area contributed by atoms with Crippen LogP contribution in [0.25, 0.3) is 0 Å². The molecule has 9 atom stereocenters. The molecule has 0 saturated heterocycles. The average molecular weight is 651 g/mol. The second kappa shape index (κ2) is 11.5. The lowest BCUT2D eigenvalue weighted by atomic mass is 9.45. The quantitative estimate of drug-likeness (QED) is 0.354. The number of aromatic hydroxyl groups is 1. The minimum Gasteiger partial charge on any atom is -0.507 e. The molecular formula is C36H50N4O7. The number of hydrogen-bond acceptors (Lipinski definition) is 10. The number of carbonyl (C=O) groups excluding carboxylic acids is 5. The third kappa shape index (κ3) is 4.82. The lowest BCUT2D eigenvalue weighted by molar-refractivity contribution is -0.181. The Hall–Kier alpha value is -3.15. The maximum atomic E-state index is 14.2. The van der Waals surface area contributed by atoms with Gasteiger partial charge in [0.25, 0.3) is 0 Å². The number of amides is 1. The first-order valence-corrected chi connectivity index (χ1v) is 17.1. The highest BCUT2D eigenvalue weighted by atomic mass is 16.3. The Morgan fingerprint density at radius 1 is 1.02 bits per heavy atom. The lowest BCUT2D eigenvalue weighted by Crippen LogP contribution is -2.74. The van der Waals surface area contributed by atoms with Crippen LogP contribution in [0.1, 0.15) is 67.9 Å². The third-order valence-electron chi connectivity index (χ3n) is 12.9. The van der Waals surface area contributed by atoms with Crippen molar-refractivity contribution in [3.05, 3.63) is 22.8 Å². The first kappa shape index (κ1) is 33.7. The van der Waals surface area contributed by atoms with Gasteiger partial charge in [-0.3, -0.25) is 33.8 Å². The Bertz CT molecular complexity index is 1550. The number of fused-ring (bicyclic) bond motifs is 5. The summed E-state index contributed by atoms with van der Waals surface area (Å²) in [6.45, 7) is 9.32. The van der Waals surface area contributed by atoms with Gasteiger partial charge in [-0.25, -0.2) is 0 Å². The fraction of sp³-hybridized carbons (Fsp3) is 0.694. The van der Waals surface area contributed by atoms with Gasteiger partial charge in [0.05, 0.1) is 17.5 Å². The third-order valence-corrected chi connectivity index (χ3v) is 12.9. The molecule has 4 N–H and O–H groups in total. The zero-order valence-electron chi connectivity index (χ0n) is 28.7. The average Bonchev–Trinajstić information content (AvgIpc) is 2.97. The maximum Gasteiger partial charge on any atom is 0.235 e. The fourth-order valence-electron chi connectivity index (χ4n) is 10.5. The number of ketones is 4. The van der Waals surface area contributed by atoms with E-state index in [9.17, 15) is 34.2 Å². The molecular weight excluding hydrogens is 600 g/mol. The van der Waals surface area contributed by atoms with E-state index in [1.165, 1.54) is 24.2 Å². The first-order valence-electron chi connectivity index (χ1n) is 17.1. The Balaban J connectivity index is 1.36. The van der Waals surface area contributed by atoms with Crippen LogP contribution >= 0.6 is 0 Å². The van der Waals surface area contributed by atoms with E-state index < -0.39 is 64.4 Å². The molecule has 0 aromatic heterocycles. The zero-order valence-corrected chi connectivity index (χ0v) is 28.7. The number of nitrogens with two attached hydrogens (primary N) is 1. The lowest BCUT2D eigenvalue weighted by Gasteiger charge is -2.60. The van der Waals surface area contributed by atoms with Gasteiger partial charge in [-0.05, 0) is 99.0 Å². The Morgan fingerprint density at radius 2 is 1.70 bits per heavy atom. The van der Waals surface area contributed by atoms with E-state index in [-0.39, 0.29) is 24.2 Å². The van der Waals surface area contributed by atoms with Gasteiger partial charge in [-0.2, -0.15) is 0 Å². The van der Waals surface area contributed by atoms with Gasteiger partial charge in [-0.1, -0.05) is 20.8 Å². The van der Waals surface area contributed by atoms with Gasteiger partial charge >= 0.3 is 0 Å². The molecule has 0 heterocycles. The van der Waals surface area contributed by atoms with Crippen molar-refractivity contribution in [2.75, 3.05) is 46.2 Å². The van der Waals surface area contributed by atoms with E-state index in [2.05, 4.69) is 25.7 Å². The van der Waals surface area contributed by atoms with E-state index >= 15 is 0 Å². The number of anilines is 1. The second-order valence-electron chi connectivity index (χ2n) is 16.0. The van der Waals surface area contributed by atoms with Gasteiger partial charge in [0.2, 0.25) is 5.91 Å². The number of Topliss-reactive ketones (excluding diaryl/α,β-unsaturated/α-hetero) is 4. The topological polar surface area (TPSA) is 162 Å². The van der Waals surface area contributed by atoms with Crippen LogP contribution < -0.4 is 10.6 Å². The molecule has 11 nitrogen and oxygen atoms in total. The van der Waals surface area contributed by atoms with Crippen molar-refractivity contribution in [1.29, 1.82) is 0 Å². The highest BCUT2D eigenvalue weighted by Crippen LogP contribution is 2.61. The number of carbonyl (C=O) groups is 5. The molecule has 0 aliphatic heterocycles. The molecule has 6 aliphatic rings. The molecule has 2 bridgehead atoms. The number of likely N-dealkylation sites (N-methyl/N-ethyl adjacent to an activating group) is 1. The van der Waals surface area contributed by atoms with Crippen molar-refractivity contribution in [2.24, 2.45) is 52.6 Å². The molecule has 11 heteroatoms. The molecule has 1 aromatic rings. The Morgan fingerprint density at radius 3 is 2.26 bits per heavy atom. The highest BCUT2D eigenvalue weighted by Gasteiger charge is 2.69. The van der Waals surface area contributed by atoms with Gasteiger partial charge < -0.3 is 20.8 Å². The van der Waals surface area contributed by atoms with Crippen LogP contribution in [0, 0.1) is 46.8 Å². The minimum atomic E-state index is -2.73. The Kier molecular flexibility index (Phi) is 8.24. The number of primary amides is 1. The number of phenolic OH excluding ortho intramolecular Hbond substituents is 1. The van der Waals surface area contributed by atoms with Crippen LogP contribution in [0.5, 0.6) is 5.75 Å². The molecule has 0 spiro atoms. The van der Waals surface area contributed by atoms with Crippen LogP contribution in [-0.2, 0) is 32.1 Å². The van der Waals surface area contributed by atoms with Crippen molar-refractivity contribution in [1.82, 2.24) is 9.80 Å². The Labute approximate surface area is 276 Å². The van der Waals surface area contributed by atoms with Crippen molar-refractivity contribution < 1.29 is 34.2 Å². The molecule has 5 saturated carbocycles. The summed E-state index contributed by atoms with van der Waals surface area (Å²) in [5, 5.41) is 23.3. The summed E-state index contributed by atoms with van der Waals surface area (Å²) in [5.74, 6) is -8.17. The number of phenols is 1. The first-order chi connectivity index (χ1) is 22.0. The van der Waals surface area contributed by atoms with E-state index in [1.807, 2.05) is 19.0 Å². The minimum absolute atomic E-state index is 0.0293. The molecule has 6 aliphatic carbocycles. The van der Waals surface area contributed by atoms with Crippen LogP contribution in [0.4, 0.5) is 5.69 Å². The van der Waals surface area contributed by atoms with Crippen molar-refractivity contribution in [2.45, 2.75) is 71.1 Å². The van der Waals surface area contributed by atoms with Gasteiger partial charge in [0.1, 0.15) is 5.75 Å². The monoisotopic (exact) mass is 650 g/mol. The smallest absolute Gasteiger partial charge is 0.235 e. The van der Waals surface area contributed by atoms with Crippen molar-refractivity contribution in [3.8, 4) is 5.75 Å². The highest BCUT2D eigenvalue weighted by molar-refractivity contribution is 6.32. The molecule has 7 rings (SSSR count). The number of benzene rings is 1. The summed E-state index contributed by atoms with van der Waals surface area (Å²) < 4.78 is 0. The van der Waals surface area contributed by atoms with Gasteiger partial charge in [0, 0.05) is 38.8 Å². The predicted molar refractivity (Wildman–Crippen MR) is 175 cm³/mol. The van der Waals surface area contributed by atoms with Gasteiger partial charge in [0.15, 0.2) is 34.7 Å². The van der Waals surface area contributed by atoms with Crippen LogP contribution in [0.15, 0.2) is 6.07 Å². The molecule has 256 valence electrons. The molecule has 5 fully saturated rings. The number of nitrogens with zero attached hydrogens (tertiary/aromatic N) is 3. The maximum absolute atomic E-state index is 14.2. The van der Waals surface area contributed by atoms with Gasteiger partial charge in [-0.15, -0.1) is 0 Å². The largest absolute Gasteiger partial charge is 0.507 e. The summed E-state index contributed by atoms with van der Waals surface area (Å²) in [6, 6.07) is 0.498. The van der Waals surface area contributed by atoms with E-state index in [1.54, 1.807) is 20.2 Å². The van der Waals surface area contributed by atoms with Crippen LogP contribution in [-0.4, -0.2) is 102 Å². The van der Waals surface area contributed by atoms with E-state index in [0.717, 1.165) is 30.3 Å². The molecule has 1 amide bonds. The van der Waals surface area contributed by atoms with Crippen LogP contribution in [0.3, 0.4) is 0 Å². The molecule has 47 heavy (non-hydrogen) atoms. The normalized spacial score (nSPS) is 35.7. The fourth-order valence-corrected chi connectivity index (χ4v) is 10.5. The van der Waals surface area contributed by atoms with Crippen molar-refractivity contribution >= 4 is 34.7 Å². The summed E-state index contributed by atoms with van der Waals surface area (Å²) in [5.41, 5.74) is 5.44.